The summed E-state index contributed by atoms with van der Waals surface area (Å²) in [6, 6.07) is 0.957. The van der Waals surface area contributed by atoms with Crippen LogP contribution in [0.25, 0.3) is 0 Å². The molecule has 0 aromatic heterocycles. The summed E-state index contributed by atoms with van der Waals surface area (Å²) < 4.78 is 0. The molecule has 2 fully saturated rings. The van der Waals surface area contributed by atoms with Crippen molar-refractivity contribution >= 4 is 0 Å². The largest absolute Gasteiger partial charge is 0.300 e. The molecule has 69 valence electrons. The van der Waals surface area contributed by atoms with E-state index in [2.05, 4.69) is 18.2 Å². The first-order valence-electron chi connectivity index (χ1n) is 5.47. The number of rotatable bonds is 2. The van der Waals surface area contributed by atoms with E-state index in [-0.39, 0.29) is 0 Å². The molecule has 0 spiro atoms. The maximum absolute atomic E-state index is 2.68. The third-order valence-corrected chi connectivity index (χ3v) is 3.58. The third-order valence-electron chi connectivity index (χ3n) is 3.58. The molecule has 12 heavy (non-hydrogen) atoms. The summed E-state index contributed by atoms with van der Waals surface area (Å²) in [4.78, 5) is 2.68. The Morgan fingerprint density at radius 1 is 1.33 bits per heavy atom. The van der Waals surface area contributed by atoms with Crippen LogP contribution in [-0.4, -0.2) is 24.0 Å². The highest BCUT2D eigenvalue weighted by Crippen LogP contribution is 2.29. The first kappa shape index (κ1) is 8.55. The summed E-state index contributed by atoms with van der Waals surface area (Å²) in [7, 11) is 0. The van der Waals surface area contributed by atoms with Crippen LogP contribution in [0.3, 0.4) is 0 Å². The average Bonchev–Trinajstić information content (AvgIpc) is 2.03. The number of nitrogens with zero attached hydrogens (tertiary/aromatic N) is 1. The fourth-order valence-corrected chi connectivity index (χ4v) is 2.28. The van der Waals surface area contributed by atoms with E-state index in [1.807, 2.05) is 0 Å². The van der Waals surface area contributed by atoms with E-state index in [1.165, 1.54) is 45.2 Å². The highest BCUT2D eigenvalue weighted by atomic mass is 15.2. The van der Waals surface area contributed by atoms with E-state index in [0.717, 1.165) is 12.0 Å². The molecule has 1 aliphatic carbocycles. The lowest BCUT2D eigenvalue weighted by Gasteiger charge is -2.41. The maximum Gasteiger partial charge on any atom is 0.00953 e. The first-order valence-corrected chi connectivity index (χ1v) is 5.47. The molecule has 0 aromatic rings. The van der Waals surface area contributed by atoms with Crippen LogP contribution in [0.2, 0.25) is 0 Å². The van der Waals surface area contributed by atoms with Crippen molar-refractivity contribution in [2.75, 3.05) is 13.1 Å². The summed E-state index contributed by atoms with van der Waals surface area (Å²) in [5, 5.41) is 0. The Labute approximate surface area is 76.1 Å². The minimum Gasteiger partial charge on any atom is -0.300 e. The van der Waals surface area contributed by atoms with E-state index in [9.17, 15) is 0 Å². The van der Waals surface area contributed by atoms with E-state index >= 15 is 0 Å². The summed E-state index contributed by atoms with van der Waals surface area (Å²) in [5.74, 6) is 0.918. The van der Waals surface area contributed by atoms with E-state index in [4.69, 9.17) is 0 Å². The lowest BCUT2D eigenvalue weighted by molar-refractivity contribution is 0.108. The second kappa shape index (κ2) is 3.78. The lowest BCUT2D eigenvalue weighted by Crippen LogP contribution is -2.44. The fraction of sp³-hybridized carbons (Fsp3) is 0.909. The number of hydrogen-bond acceptors (Lipinski definition) is 1. The second-order valence-electron chi connectivity index (χ2n) is 4.27. The third kappa shape index (κ3) is 1.66. The Kier molecular flexibility index (Phi) is 2.69. The molecule has 2 rings (SSSR count). The lowest BCUT2D eigenvalue weighted by atomic mass is 9.87. The molecule has 1 aliphatic heterocycles. The molecular formula is C11H20N. The van der Waals surface area contributed by atoms with Crippen LogP contribution >= 0.6 is 0 Å². The standard InChI is InChI=1S/C11H20N/c1-2-10-6-8-12(9-7-10)11-4-3-5-11/h6,10-11H,2-5,7-9H2,1H3. The molecule has 1 heterocycles. The topological polar surface area (TPSA) is 3.24 Å². The fourth-order valence-electron chi connectivity index (χ4n) is 2.28. The van der Waals surface area contributed by atoms with Crippen molar-refractivity contribution in [1.29, 1.82) is 0 Å². The summed E-state index contributed by atoms with van der Waals surface area (Å²) >= 11 is 0. The number of hydrogen-bond donors (Lipinski definition) is 0. The first-order chi connectivity index (χ1) is 5.90. The van der Waals surface area contributed by atoms with Crippen LogP contribution in [-0.2, 0) is 0 Å². The zero-order valence-electron chi connectivity index (χ0n) is 8.13. The van der Waals surface area contributed by atoms with Gasteiger partial charge in [-0.05, 0) is 38.1 Å². The van der Waals surface area contributed by atoms with Gasteiger partial charge in [0.1, 0.15) is 0 Å². The molecule has 1 heteroatoms. The van der Waals surface area contributed by atoms with E-state index in [0.29, 0.717) is 0 Å². The number of likely N-dealkylation sites (tertiary alicyclic amines) is 1. The normalized spacial score (nSPS) is 28.8. The predicted molar refractivity (Wildman–Crippen MR) is 51.9 cm³/mol. The van der Waals surface area contributed by atoms with Crippen LogP contribution in [0.1, 0.15) is 39.0 Å². The summed E-state index contributed by atoms with van der Waals surface area (Å²) in [5.41, 5.74) is 0. The van der Waals surface area contributed by atoms with Crippen molar-refractivity contribution in [3.05, 3.63) is 6.42 Å². The molecule has 1 atom stereocenters. The van der Waals surface area contributed by atoms with Gasteiger partial charge in [0.05, 0.1) is 0 Å². The summed E-state index contributed by atoms with van der Waals surface area (Å²) in [6.07, 6.45) is 9.68. The molecule has 0 bridgehead atoms. The maximum atomic E-state index is 2.68. The van der Waals surface area contributed by atoms with Gasteiger partial charge in [-0.15, -0.1) is 0 Å². The van der Waals surface area contributed by atoms with Gasteiger partial charge < -0.3 is 4.90 Å². The van der Waals surface area contributed by atoms with Crippen molar-refractivity contribution in [1.82, 2.24) is 4.90 Å². The Morgan fingerprint density at radius 3 is 2.58 bits per heavy atom. The summed E-state index contributed by atoms with van der Waals surface area (Å²) in [6.45, 7) is 4.93. The van der Waals surface area contributed by atoms with E-state index in [1.54, 1.807) is 0 Å². The minimum atomic E-state index is 0.918. The number of piperidine rings is 1. The van der Waals surface area contributed by atoms with Gasteiger partial charge in [0, 0.05) is 12.6 Å². The van der Waals surface area contributed by atoms with Crippen LogP contribution in [0.4, 0.5) is 0 Å². The Hall–Kier alpha value is -0.0400. The Balaban J connectivity index is 1.74. The van der Waals surface area contributed by atoms with Gasteiger partial charge in [0.2, 0.25) is 0 Å². The van der Waals surface area contributed by atoms with E-state index < -0.39 is 0 Å². The SMILES string of the molecule is CCC1[CH]CN(C2CCC2)CC1. The zero-order chi connectivity index (χ0) is 8.39. The van der Waals surface area contributed by atoms with Crippen molar-refractivity contribution in [3.63, 3.8) is 0 Å². The zero-order valence-corrected chi connectivity index (χ0v) is 8.13. The van der Waals surface area contributed by atoms with Gasteiger partial charge in [-0.1, -0.05) is 19.8 Å². The molecule has 1 radical (unpaired) electrons. The molecule has 1 saturated carbocycles. The molecule has 1 unspecified atom stereocenters. The molecule has 0 N–H and O–H groups in total. The minimum absolute atomic E-state index is 0.918. The predicted octanol–water partition coefficient (Wildman–Crippen LogP) is 2.48. The van der Waals surface area contributed by atoms with Crippen molar-refractivity contribution < 1.29 is 0 Å². The van der Waals surface area contributed by atoms with Crippen molar-refractivity contribution in [2.45, 2.75) is 45.1 Å². The monoisotopic (exact) mass is 166 g/mol. The van der Waals surface area contributed by atoms with Gasteiger partial charge in [-0.3, -0.25) is 0 Å². The Morgan fingerprint density at radius 2 is 2.17 bits per heavy atom. The van der Waals surface area contributed by atoms with Crippen LogP contribution in [0, 0.1) is 12.3 Å². The van der Waals surface area contributed by atoms with Gasteiger partial charge in [0.15, 0.2) is 0 Å². The highest BCUT2D eigenvalue weighted by molar-refractivity contribution is 4.90. The molecule has 0 aromatic carbocycles. The van der Waals surface area contributed by atoms with Gasteiger partial charge in [-0.2, -0.15) is 0 Å². The smallest absolute Gasteiger partial charge is 0.00953 e. The highest BCUT2D eigenvalue weighted by Gasteiger charge is 2.27. The average molecular weight is 166 g/mol. The molecule has 0 amide bonds. The van der Waals surface area contributed by atoms with Gasteiger partial charge in [-0.25, -0.2) is 0 Å². The van der Waals surface area contributed by atoms with Crippen LogP contribution in [0.15, 0.2) is 0 Å². The van der Waals surface area contributed by atoms with Crippen LogP contribution < -0.4 is 0 Å². The molecule has 2 aliphatic rings. The van der Waals surface area contributed by atoms with Gasteiger partial charge in [0.25, 0.3) is 0 Å². The molecule has 1 nitrogen and oxygen atoms in total. The van der Waals surface area contributed by atoms with Crippen LogP contribution in [0.5, 0.6) is 0 Å². The van der Waals surface area contributed by atoms with Crippen molar-refractivity contribution in [2.24, 2.45) is 5.92 Å². The molecule has 1 saturated heterocycles. The Bertz CT molecular complexity index is 132. The second-order valence-corrected chi connectivity index (χ2v) is 4.27. The molecular weight excluding hydrogens is 146 g/mol. The quantitative estimate of drug-likeness (QED) is 0.609. The van der Waals surface area contributed by atoms with Gasteiger partial charge >= 0.3 is 0 Å². The van der Waals surface area contributed by atoms with Crippen molar-refractivity contribution in [3.8, 4) is 0 Å².